The Balaban J connectivity index is 3.77. The Hall–Kier alpha value is -0.633. The first-order valence-corrected chi connectivity index (χ1v) is 6.22. The highest BCUT2D eigenvalue weighted by atomic mass is 28.4. The van der Waals surface area contributed by atoms with Crippen molar-refractivity contribution in [1.82, 2.24) is 5.32 Å². The first kappa shape index (κ1) is 13.4. The number of primary amides is 1. The highest BCUT2D eigenvalue weighted by Gasteiger charge is 2.36. The summed E-state index contributed by atoms with van der Waals surface area (Å²) in [5, 5.41) is 2.48. The SMILES string of the molecule is CO[Si](CCCNC(N)=O)(OC)OC. The summed E-state index contributed by atoms with van der Waals surface area (Å²) in [5.41, 5.74) is 4.91. The third-order valence-corrected chi connectivity index (χ3v) is 4.72. The highest BCUT2D eigenvalue weighted by Crippen LogP contribution is 2.13. The van der Waals surface area contributed by atoms with Crippen LogP contribution < -0.4 is 11.1 Å². The lowest BCUT2D eigenvalue weighted by molar-refractivity contribution is 0.123. The Morgan fingerprint density at radius 2 is 1.79 bits per heavy atom. The number of amides is 2. The Bertz CT molecular complexity index is 167. The van der Waals surface area contributed by atoms with Crippen molar-refractivity contribution in [2.45, 2.75) is 12.5 Å². The Morgan fingerprint density at radius 1 is 1.29 bits per heavy atom. The minimum absolute atomic E-state index is 0.500. The Kier molecular flexibility index (Phi) is 6.46. The lowest BCUT2D eigenvalue weighted by Gasteiger charge is -2.24. The summed E-state index contributed by atoms with van der Waals surface area (Å²) in [6, 6.07) is 0.126. The van der Waals surface area contributed by atoms with E-state index in [0.717, 1.165) is 0 Å². The normalized spacial score (nSPS) is 11.4. The fraction of sp³-hybridized carbons (Fsp3) is 0.857. The maximum Gasteiger partial charge on any atom is 0.500 e. The average molecular weight is 222 g/mol. The number of hydrogen-bond donors (Lipinski definition) is 2. The first-order valence-electron chi connectivity index (χ1n) is 4.29. The van der Waals surface area contributed by atoms with E-state index in [1.54, 1.807) is 21.3 Å². The van der Waals surface area contributed by atoms with Gasteiger partial charge in [-0.15, -0.1) is 0 Å². The third kappa shape index (κ3) is 4.56. The van der Waals surface area contributed by atoms with Crippen molar-refractivity contribution < 1.29 is 18.1 Å². The molecule has 0 saturated carbocycles. The predicted octanol–water partition coefficient (Wildman–Crippen LogP) is -0.0771. The van der Waals surface area contributed by atoms with Crippen LogP contribution in [0.15, 0.2) is 0 Å². The van der Waals surface area contributed by atoms with Crippen LogP contribution in [0.3, 0.4) is 0 Å². The van der Waals surface area contributed by atoms with Gasteiger partial charge < -0.3 is 24.3 Å². The molecule has 14 heavy (non-hydrogen) atoms. The fourth-order valence-corrected chi connectivity index (χ4v) is 2.79. The van der Waals surface area contributed by atoms with E-state index in [0.29, 0.717) is 19.0 Å². The van der Waals surface area contributed by atoms with Crippen LogP contribution in [-0.4, -0.2) is 42.7 Å². The maximum atomic E-state index is 10.4. The van der Waals surface area contributed by atoms with Gasteiger partial charge in [-0.25, -0.2) is 4.79 Å². The van der Waals surface area contributed by atoms with Gasteiger partial charge in [0.15, 0.2) is 0 Å². The zero-order chi connectivity index (χ0) is 11.0. The number of carbonyl (C=O) groups is 1. The molecule has 3 N–H and O–H groups in total. The average Bonchev–Trinajstić information content (AvgIpc) is 2.19. The van der Waals surface area contributed by atoms with Crippen LogP contribution in [0.2, 0.25) is 6.04 Å². The van der Waals surface area contributed by atoms with Crippen molar-refractivity contribution >= 4 is 14.8 Å². The van der Waals surface area contributed by atoms with E-state index in [1.165, 1.54) is 0 Å². The van der Waals surface area contributed by atoms with Crippen molar-refractivity contribution in [1.29, 1.82) is 0 Å². The van der Waals surface area contributed by atoms with Gasteiger partial charge >= 0.3 is 14.8 Å². The molecule has 0 aliphatic heterocycles. The largest absolute Gasteiger partial charge is 0.500 e. The van der Waals surface area contributed by atoms with Gasteiger partial charge in [-0.2, -0.15) is 0 Å². The van der Waals surface area contributed by atoms with Crippen LogP contribution >= 0.6 is 0 Å². The third-order valence-electron chi connectivity index (χ3n) is 1.89. The zero-order valence-corrected chi connectivity index (χ0v) is 9.83. The van der Waals surface area contributed by atoms with Gasteiger partial charge in [0.2, 0.25) is 0 Å². The number of nitrogens with one attached hydrogen (secondary N) is 1. The van der Waals surface area contributed by atoms with Crippen molar-refractivity contribution in [3.05, 3.63) is 0 Å². The summed E-state index contributed by atoms with van der Waals surface area (Å²) in [4.78, 5) is 10.4. The molecule has 0 unspecified atom stereocenters. The molecule has 0 heterocycles. The molecule has 0 aromatic rings. The summed E-state index contributed by atoms with van der Waals surface area (Å²) >= 11 is 0. The Labute approximate surface area is 85.1 Å². The van der Waals surface area contributed by atoms with Crippen molar-refractivity contribution in [2.75, 3.05) is 27.9 Å². The lowest BCUT2D eigenvalue weighted by atomic mass is 10.5. The molecule has 0 aliphatic rings. The molecular formula is C7H18N2O4Si. The second kappa shape index (κ2) is 6.77. The van der Waals surface area contributed by atoms with Gasteiger partial charge in [0.05, 0.1) is 0 Å². The summed E-state index contributed by atoms with van der Waals surface area (Å²) in [7, 11) is 2.19. The van der Waals surface area contributed by atoms with Gasteiger partial charge in [0.25, 0.3) is 0 Å². The molecule has 84 valence electrons. The molecule has 0 aromatic heterocycles. The van der Waals surface area contributed by atoms with E-state index in [2.05, 4.69) is 5.32 Å². The minimum Gasteiger partial charge on any atom is -0.377 e. The number of carbonyl (C=O) groups excluding carboxylic acids is 1. The quantitative estimate of drug-likeness (QED) is 0.466. The minimum atomic E-state index is -2.48. The molecule has 0 spiro atoms. The molecule has 0 aromatic carbocycles. The molecule has 6 nitrogen and oxygen atoms in total. The van der Waals surface area contributed by atoms with E-state index < -0.39 is 14.8 Å². The number of rotatable bonds is 7. The maximum absolute atomic E-state index is 10.4. The van der Waals surface area contributed by atoms with Crippen molar-refractivity contribution in [2.24, 2.45) is 5.73 Å². The summed E-state index contributed by atoms with van der Waals surface area (Å²) in [6.07, 6.45) is 0.713. The zero-order valence-electron chi connectivity index (χ0n) is 8.83. The molecule has 0 radical (unpaired) electrons. The van der Waals surface area contributed by atoms with Gasteiger partial charge in [-0.1, -0.05) is 0 Å². The summed E-state index contributed by atoms with van der Waals surface area (Å²) in [6.45, 7) is 0.500. The second-order valence-electron chi connectivity index (χ2n) is 2.69. The number of nitrogens with two attached hydrogens (primary N) is 1. The summed E-state index contributed by atoms with van der Waals surface area (Å²) < 4.78 is 15.6. The molecule has 0 aliphatic carbocycles. The van der Waals surface area contributed by atoms with Crippen LogP contribution in [0.4, 0.5) is 4.79 Å². The van der Waals surface area contributed by atoms with Crippen LogP contribution in [0.25, 0.3) is 0 Å². The molecular weight excluding hydrogens is 204 g/mol. The van der Waals surface area contributed by atoms with Gasteiger partial charge in [0.1, 0.15) is 0 Å². The molecule has 0 fully saturated rings. The number of hydrogen-bond acceptors (Lipinski definition) is 4. The fourth-order valence-electron chi connectivity index (χ4n) is 1.07. The molecule has 0 rings (SSSR count). The van der Waals surface area contributed by atoms with Crippen LogP contribution in [0.1, 0.15) is 6.42 Å². The van der Waals surface area contributed by atoms with Gasteiger partial charge in [-0.3, -0.25) is 0 Å². The molecule has 0 atom stereocenters. The van der Waals surface area contributed by atoms with Crippen molar-refractivity contribution in [3.63, 3.8) is 0 Å². The van der Waals surface area contributed by atoms with E-state index >= 15 is 0 Å². The second-order valence-corrected chi connectivity index (χ2v) is 5.78. The molecule has 0 bridgehead atoms. The highest BCUT2D eigenvalue weighted by molar-refractivity contribution is 6.60. The first-order chi connectivity index (χ1) is 6.60. The van der Waals surface area contributed by atoms with Gasteiger partial charge in [0, 0.05) is 33.9 Å². The Morgan fingerprint density at radius 3 is 2.14 bits per heavy atom. The number of urea groups is 1. The van der Waals surface area contributed by atoms with Crippen molar-refractivity contribution in [3.8, 4) is 0 Å². The lowest BCUT2D eigenvalue weighted by Crippen LogP contribution is -2.43. The van der Waals surface area contributed by atoms with E-state index in [1.807, 2.05) is 0 Å². The topological polar surface area (TPSA) is 82.8 Å². The predicted molar refractivity (Wildman–Crippen MR) is 53.8 cm³/mol. The molecule has 2 amide bonds. The van der Waals surface area contributed by atoms with Crippen LogP contribution in [-0.2, 0) is 13.3 Å². The van der Waals surface area contributed by atoms with E-state index in [9.17, 15) is 4.79 Å². The van der Waals surface area contributed by atoms with E-state index in [4.69, 9.17) is 19.0 Å². The van der Waals surface area contributed by atoms with Crippen LogP contribution in [0.5, 0.6) is 0 Å². The standard InChI is InChI=1S/C7H18N2O4Si/c1-11-14(12-2,13-3)6-4-5-9-7(8)10/h4-6H2,1-3H3,(H3,8,9,10). The van der Waals surface area contributed by atoms with Gasteiger partial charge in [-0.05, 0) is 6.42 Å². The smallest absolute Gasteiger partial charge is 0.377 e. The summed E-state index contributed by atoms with van der Waals surface area (Å²) in [5.74, 6) is 0. The van der Waals surface area contributed by atoms with E-state index in [-0.39, 0.29) is 0 Å². The molecule has 0 saturated heterocycles. The van der Waals surface area contributed by atoms with Crippen LogP contribution in [0, 0.1) is 0 Å². The molecule has 7 heteroatoms. The monoisotopic (exact) mass is 222 g/mol.